The number of rotatable bonds is 5. The van der Waals surface area contributed by atoms with E-state index in [-0.39, 0.29) is 59.9 Å². The zero-order valence-electron chi connectivity index (χ0n) is 28.1. The van der Waals surface area contributed by atoms with E-state index in [1.54, 1.807) is 4.90 Å². The number of alkyl halides is 1. The Morgan fingerprint density at radius 2 is 1.67 bits per heavy atom. The van der Waals surface area contributed by atoms with Gasteiger partial charge in [-0.3, -0.25) is 24.2 Å². The van der Waals surface area contributed by atoms with Gasteiger partial charge in [0.1, 0.15) is 6.17 Å². The molecule has 2 amide bonds. The summed E-state index contributed by atoms with van der Waals surface area (Å²) in [6.07, 6.45) is 10.00. The van der Waals surface area contributed by atoms with Crippen LogP contribution in [0.5, 0.6) is 0 Å². The van der Waals surface area contributed by atoms with E-state index in [4.69, 9.17) is 14.2 Å². The third-order valence-electron chi connectivity index (χ3n) is 13.5. The first-order valence-corrected chi connectivity index (χ1v) is 19.0. The highest BCUT2D eigenvalue weighted by molar-refractivity contribution is 6.20. The number of Topliss-reactive ketones (excluding diaryl/α,β-unsaturated/α-hetero) is 1. The van der Waals surface area contributed by atoms with Gasteiger partial charge in [-0.05, 0) is 76.3 Å². The summed E-state index contributed by atoms with van der Waals surface area (Å²) in [5, 5.41) is 3.23. The van der Waals surface area contributed by atoms with Gasteiger partial charge >= 0.3 is 0 Å². The minimum atomic E-state index is -1.27. The molecule has 0 bridgehead atoms. The highest BCUT2D eigenvalue weighted by Crippen LogP contribution is 2.53. The van der Waals surface area contributed by atoms with Crippen LogP contribution in [0.25, 0.3) is 0 Å². The van der Waals surface area contributed by atoms with Gasteiger partial charge in [0.15, 0.2) is 5.78 Å². The molecule has 8 fully saturated rings. The number of hydrogen-bond acceptors (Lipinski definition) is 9. The van der Waals surface area contributed by atoms with Crippen molar-refractivity contribution in [1.82, 2.24) is 24.9 Å². The van der Waals surface area contributed by atoms with Gasteiger partial charge in [0, 0.05) is 44.3 Å². The lowest BCUT2D eigenvalue weighted by molar-refractivity contribution is -0.220. The molecule has 5 saturated heterocycles. The Balaban J connectivity index is 0.994. The van der Waals surface area contributed by atoms with Gasteiger partial charge in [0.05, 0.1) is 67.9 Å². The average Bonchev–Trinajstić information content (AvgIpc) is 3.86. The fourth-order valence-electron chi connectivity index (χ4n) is 11.3. The second-order valence-electron chi connectivity index (χ2n) is 16.1. The molecule has 6 aliphatic heterocycles. The van der Waals surface area contributed by atoms with Crippen molar-refractivity contribution in [3.8, 4) is 0 Å². The van der Waals surface area contributed by atoms with Crippen molar-refractivity contribution in [2.75, 3.05) is 59.0 Å². The molecular weight excluding hydrogens is 617 g/mol. The number of nitrogens with one attached hydrogen (secondary N) is 1. The number of carbonyl (C=O) groups excluding carboxylic acids is 3. The summed E-state index contributed by atoms with van der Waals surface area (Å²) in [4.78, 5) is 49.3. The number of fused-ring (bicyclic) bond motifs is 5. The van der Waals surface area contributed by atoms with E-state index in [0.717, 1.165) is 51.6 Å². The summed E-state index contributed by atoms with van der Waals surface area (Å²) in [6.45, 7) is 5.44. The molecule has 6 heterocycles. The van der Waals surface area contributed by atoms with Crippen molar-refractivity contribution in [2.24, 2.45) is 17.8 Å². The van der Waals surface area contributed by atoms with Crippen molar-refractivity contribution in [3.05, 3.63) is 11.8 Å². The summed E-state index contributed by atoms with van der Waals surface area (Å²) in [6, 6.07) is -0.893. The molecule has 48 heavy (non-hydrogen) atoms. The molecule has 0 aromatic heterocycles. The highest BCUT2D eigenvalue weighted by atomic mass is 19.1. The number of ether oxygens (including phenoxy) is 3. The highest BCUT2D eigenvalue weighted by Gasteiger charge is 2.62. The monoisotopic (exact) mass is 669 g/mol. The number of ketones is 1. The molecule has 11 unspecified atom stereocenters. The molecule has 1 N–H and O–H groups in total. The van der Waals surface area contributed by atoms with Crippen LogP contribution in [0.3, 0.4) is 0 Å². The van der Waals surface area contributed by atoms with E-state index in [9.17, 15) is 14.4 Å². The van der Waals surface area contributed by atoms with Crippen LogP contribution in [0.2, 0.25) is 0 Å². The van der Waals surface area contributed by atoms with Crippen molar-refractivity contribution in [2.45, 2.75) is 119 Å². The van der Waals surface area contributed by atoms with Crippen LogP contribution in [0.4, 0.5) is 4.39 Å². The molecule has 12 heteroatoms. The van der Waals surface area contributed by atoms with Gasteiger partial charge in [-0.15, -0.1) is 0 Å². The van der Waals surface area contributed by atoms with Crippen molar-refractivity contribution >= 4 is 17.6 Å². The van der Waals surface area contributed by atoms with E-state index in [2.05, 4.69) is 20.0 Å². The first kappa shape index (κ1) is 31.8. The SMILES string of the molecule is O=C(CN1CCCC1)N[C@@H]1CCN(C2C(F)CC3C(=O)C(C(=O)N4CCOCC4)=CN4C5CC6OC7CCCCC7C6CC5OC2C34)C1. The van der Waals surface area contributed by atoms with Crippen LogP contribution in [0.15, 0.2) is 11.8 Å². The fourth-order valence-corrected chi connectivity index (χ4v) is 11.3. The number of carbonyl (C=O) groups is 3. The number of morpholine rings is 2. The molecule has 264 valence electrons. The van der Waals surface area contributed by atoms with Gasteiger partial charge in [-0.2, -0.15) is 0 Å². The summed E-state index contributed by atoms with van der Waals surface area (Å²) in [5.41, 5.74) is 0.188. The van der Waals surface area contributed by atoms with Gasteiger partial charge in [0.2, 0.25) is 5.91 Å². The normalized spacial score (nSPS) is 44.4. The third-order valence-corrected chi connectivity index (χ3v) is 13.5. The lowest BCUT2D eigenvalue weighted by atomic mass is 9.67. The fraction of sp³-hybridized carbons (Fsp3) is 0.861. The minimum Gasteiger partial charge on any atom is -0.378 e. The summed E-state index contributed by atoms with van der Waals surface area (Å²) >= 11 is 0. The largest absolute Gasteiger partial charge is 0.378 e. The average molecular weight is 670 g/mol. The molecule has 3 aliphatic carbocycles. The Morgan fingerprint density at radius 3 is 2.50 bits per heavy atom. The van der Waals surface area contributed by atoms with Crippen LogP contribution in [0, 0.1) is 17.8 Å². The molecule has 11 nitrogen and oxygen atoms in total. The second kappa shape index (κ2) is 12.9. The van der Waals surface area contributed by atoms with Crippen molar-refractivity contribution in [1.29, 1.82) is 0 Å². The first-order valence-electron chi connectivity index (χ1n) is 19.0. The van der Waals surface area contributed by atoms with E-state index in [1.807, 2.05) is 6.20 Å². The predicted molar refractivity (Wildman–Crippen MR) is 172 cm³/mol. The van der Waals surface area contributed by atoms with Gasteiger partial charge in [0.25, 0.3) is 5.91 Å². The van der Waals surface area contributed by atoms with Crippen molar-refractivity contribution in [3.63, 3.8) is 0 Å². The maximum atomic E-state index is 16.7. The Hall–Kier alpha value is -2.12. The van der Waals surface area contributed by atoms with E-state index < -0.39 is 24.2 Å². The van der Waals surface area contributed by atoms with Crippen LogP contribution in [0.1, 0.15) is 64.2 Å². The Kier molecular flexibility index (Phi) is 8.55. The number of amides is 2. The number of nitrogens with zero attached hydrogens (tertiary/aromatic N) is 4. The van der Waals surface area contributed by atoms with Crippen LogP contribution in [-0.2, 0) is 28.6 Å². The molecular formula is C36H52FN5O6. The van der Waals surface area contributed by atoms with E-state index in [1.165, 1.54) is 19.3 Å². The van der Waals surface area contributed by atoms with Gasteiger partial charge < -0.3 is 29.3 Å². The molecule has 9 rings (SSSR count). The van der Waals surface area contributed by atoms with Gasteiger partial charge in [-0.25, -0.2) is 4.39 Å². The maximum Gasteiger partial charge on any atom is 0.259 e. The quantitative estimate of drug-likeness (QED) is 0.437. The molecule has 12 atom stereocenters. The standard InChI is InChI=1S/C36H52FN5O6/c37-26-15-24-32-35(33(26)41-10-7-21(18-41)38-31(43)20-39-8-3-4-9-39)48-30-16-23-22-5-1-2-6-28(22)47-29(23)17-27(30)42(32)19-25(34(24)44)36(45)40-11-13-46-14-12-40/h19,21-24,26-30,32-33,35H,1-18,20H2,(H,38,43)/t21-,22?,23?,24?,26?,27?,28?,29?,30?,32?,33?,35?/m1/s1. The van der Waals surface area contributed by atoms with Gasteiger partial charge in [-0.1, -0.05) is 12.8 Å². The zero-order valence-corrected chi connectivity index (χ0v) is 28.1. The lowest BCUT2D eigenvalue weighted by Gasteiger charge is -2.61. The molecule has 9 aliphatic rings. The molecule has 0 spiro atoms. The van der Waals surface area contributed by atoms with Crippen LogP contribution < -0.4 is 5.32 Å². The van der Waals surface area contributed by atoms with Crippen molar-refractivity contribution < 1.29 is 33.0 Å². The summed E-state index contributed by atoms with van der Waals surface area (Å²) in [5.74, 6) is -0.122. The summed E-state index contributed by atoms with van der Waals surface area (Å²) in [7, 11) is 0. The summed E-state index contributed by atoms with van der Waals surface area (Å²) < 4.78 is 36.0. The Labute approximate surface area is 282 Å². The Morgan fingerprint density at radius 1 is 0.854 bits per heavy atom. The third kappa shape index (κ3) is 5.52. The Bertz CT molecular complexity index is 1310. The van der Waals surface area contributed by atoms with E-state index in [0.29, 0.717) is 63.9 Å². The molecule has 0 aromatic rings. The maximum absolute atomic E-state index is 16.7. The smallest absolute Gasteiger partial charge is 0.259 e. The van der Waals surface area contributed by atoms with Crippen LogP contribution >= 0.6 is 0 Å². The zero-order chi connectivity index (χ0) is 32.5. The lowest BCUT2D eigenvalue weighted by Crippen LogP contribution is -2.73. The predicted octanol–water partition coefficient (Wildman–Crippen LogP) is 1.50. The van der Waals surface area contributed by atoms with Crippen LogP contribution in [-0.4, -0.2) is 151 Å². The van der Waals surface area contributed by atoms with E-state index >= 15 is 4.39 Å². The molecule has 0 radical (unpaired) electrons. The molecule has 0 aromatic carbocycles. The second-order valence-corrected chi connectivity index (χ2v) is 16.1. The topological polar surface area (TPSA) is 104 Å². The number of likely N-dealkylation sites (tertiary alicyclic amines) is 2. The first-order chi connectivity index (χ1) is 23.4. The minimum absolute atomic E-state index is 0.0243. The number of hydrogen-bond donors (Lipinski definition) is 1. The molecule has 3 saturated carbocycles. The number of halogens is 1.